The highest BCUT2D eigenvalue weighted by atomic mass is 32.1. The third kappa shape index (κ3) is 1.55. The Hall–Kier alpha value is -1.00. The van der Waals surface area contributed by atoms with Crippen LogP contribution in [0.25, 0.3) is 10.2 Å². The van der Waals surface area contributed by atoms with Gasteiger partial charge in [0.15, 0.2) is 0 Å². The quantitative estimate of drug-likeness (QED) is 0.792. The van der Waals surface area contributed by atoms with Crippen LogP contribution in [-0.2, 0) is 0 Å². The van der Waals surface area contributed by atoms with Gasteiger partial charge in [0.25, 0.3) is 0 Å². The molecule has 1 heterocycles. The second kappa shape index (κ2) is 3.40. The molecular weight excluding hydrogens is 184 g/mol. The molecule has 0 aliphatic carbocycles. The predicted octanol–water partition coefficient (Wildman–Crippen LogP) is 1.79. The summed E-state index contributed by atoms with van der Waals surface area (Å²) in [6.07, 6.45) is 0. The van der Waals surface area contributed by atoms with Crippen LogP contribution in [0.4, 0.5) is 0 Å². The first kappa shape index (κ1) is 8.59. The molecule has 3 nitrogen and oxygen atoms in total. The Kier molecular flexibility index (Phi) is 2.24. The summed E-state index contributed by atoms with van der Waals surface area (Å²) in [5.41, 5.74) is 2.03. The van der Waals surface area contributed by atoms with Crippen LogP contribution in [0.3, 0.4) is 0 Å². The van der Waals surface area contributed by atoms with Crippen molar-refractivity contribution in [2.45, 2.75) is 12.8 Å². The lowest BCUT2D eigenvalue weighted by Gasteiger charge is -2.06. The zero-order valence-corrected chi connectivity index (χ0v) is 8.08. The SMILES string of the molecule is CC(CO)c1ccc2snnc2c1. The molecule has 0 spiro atoms. The van der Waals surface area contributed by atoms with Gasteiger partial charge in [-0.05, 0) is 29.2 Å². The van der Waals surface area contributed by atoms with Gasteiger partial charge in [-0.3, -0.25) is 0 Å². The number of nitrogens with zero attached hydrogens (tertiary/aromatic N) is 2. The maximum absolute atomic E-state index is 8.98. The highest BCUT2D eigenvalue weighted by Gasteiger charge is 2.05. The van der Waals surface area contributed by atoms with Crippen LogP contribution in [0.2, 0.25) is 0 Å². The van der Waals surface area contributed by atoms with Gasteiger partial charge in [0.1, 0.15) is 5.52 Å². The van der Waals surface area contributed by atoms with E-state index in [1.54, 1.807) is 0 Å². The van der Waals surface area contributed by atoms with Crippen LogP contribution < -0.4 is 0 Å². The third-order valence-corrected chi connectivity index (χ3v) is 2.82. The lowest BCUT2D eigenvalue weighted by atomic mass is 10.0. The number of rotatable bonds is 2. The minimum Gasteiger partial charge on any atom is -0.396 e. The standard InChI is InChI=1S/C9H10N2OS/c1-6(5-12)7-2-3-9-8(4-7)10-11-13-9/h2-4,6,12H,5H2,1H3. The maximum Gasteiger partial charge on any atom is 0.106 e. The van der Waals surface area contributed by atoms with Crippen molar-refractivity contribution in [1.82, 2.24) is 9.59 Å². The first-order valence-electron chi connectivity index (χ1n) is 4.14. The number of benzene rings is 1. The summed E-state index contributed by atoms with van der Waals surface area (Å²) in [4.78, 5) is 0. The summed E-state index contributed by atoms with van der Waals surface area (Å²) in [5.74, 6) is 0.172. The molecule has 0 saturated heterocycles. The summed E-state index contributed by atoms with van der Waals surface area (Å²) in [6, 6.07) is 6.00. The second-order valence-corrected chi connectivity index (χ2v) is 3.87. The highest BCUT2D eigenvalue weighted by molar-refractivity contribution is 7.12. The van der Waals surface area contributed by atoms with E-state index in [0.717, 1.165) is 15.8 Å². The highest BCUT2D eigenvalue weighted by Crippen LogP contribution is 2.21. The molecule has 0 saturated carbocycles. The Balaban J connectivity index is 2.48. The lowest BCUT2D eigenvalue weighted by molar-refractivity contribution is 0.273. The van der Waals surface area contributed by atoms with E-state index < -0.39 is 0 Å². The summed E-state index contributed by atoms with van der Waals surface area (Å²) < 4.78 is 4.95. The number of aromatic nitrogens is 2. The molecule has 0 fully saturated rings. The van der Waals surface area contributed by atoms with Crippen LogP contribution in [0.15, 0.2) is 18.2 Å². The smallest absolute Gasteiger partial charge is 0.106 e. The molecule has 1 unspecified atom stereocenters. The van der Waals surface area contributed by atoms with Crippen LogP contribution >= 0.6 is 11.5 Å². The lowest BCUT2D eigenvalue weighted by Crippen LogP contribution is -1.97. The Labute approximate surface area is 80.2 Å². The summed E-state index contributed by atoms with van der Waals surface area (Å²) in [5, 5.41) is 13.0. The van der Waals surface area contributed by atoms with Crippen molar-refractivity contribution in [3.05, 3.63) is 23.8 Å². The minimum atomic E-state index is 0.170. The monoisotopic (exact) mass is 194 g/mol. The van der Waals surface area contributed by atoms with Crippen LogP contribution in [0, 0.1) is 0 Å². The van der Waals surface area contributed by atoms with Crippen molar-refractivity contribution in [3.63, 3.8) is 0 Å². The van der Waals surface area contributed by atoms with Gasteiger partial charge < -0.3 is 5.11 Å². The molecule has 0 aliphatic rings. The average molecular weight is 194 g/mol. The van der Waals surface area contributed by atoms with Crippen molar-refractivity contribution in [2.24, 2.45) is 0 Å². The van der Waals surface area contributed by atoms with Gasteiger partial charge in [-0.15, -0.1) is 5.10 Å². The van der Waals surface area contributed by atoms with Gasteiger partial charge in [-0.1, -0.05) is 17.5 Å². The molecule has 1 atom stereocenters. The van der Waals surface area contributed by atoms with E-state index in [9.17, 15) is 0 Å². The van der Waals surface area contributed by atoms with Crippen LogP contribution in [0.5, 0.6) is 0 Å². The number of aliphatic hydroxyl groups excluding tert-OH is 1. The van der Waals surface area contributed by atoms with E-state index >= 15 is 0 Å². The summed E-state index contributed by atoms with van der Waals surface area (Å²) in [7, 11) is 0. The van der Waals surface area contributed by atoms with Crippen molar-refractivity contribution in [1.29, 1.82) is 0 Å². The number of hydrogen-bond donors (Lipinski definition) is 1. The Bertz CT molecular complexity index is 413. The molecule has 0 bridgehead atoms. The van der Waals surface area contributed by atoms with E-state index in [-0.39, 0.29) is 12.5 Å². The number of hydrogen-bond acceptors (Lipinski definition) is 4. The molecule has 0 amide bonds. The summed E-state index contributed by atoms with van der Waals surface area (Å²) >= 11 is 1.39. The molecule has 13 heavy (non-hydrogen) atoms. The van der Waals surface area contributed by atoms with E-state index in [1.165, 1.54) is 11.5 Å². The molecule has 2 rings (SSSR count). The number of aliphatic hydroxyl groups is 1. The van der Waals surface area contributed by atoms with Gasteiger partial charge in [-0.25, -0.2) is 0 Å². The molecule has 1 N–H and O–H groups in total. The van der Waals surface area contributed by atoms with Crippen molar-refractivity contribution >= 4 is 21.7 Å². The zero-order chi connectivity index (χ0) is 9.26. The third-order valence-electron chi connectivity index (χ3n) is 2.11. The average Bonchev–Trinajstić information content (AvgIpc) is 2.63. The van der Waals surface area contributed by atoms with Crippen molar-refractivity contribution < 1.29 is 5.11 Å². The first-order valence-corrected chi connectivity index (χ1v) is 4.91. The van der Waals surface area contributed by atoms with Crippen molar-refractivity contribution in [2.75, 3.05) is 6.61 Å². The predicted molar refractivity (Wildman–Crippen MR) is 52.9 cm³/mol. The molecule has 1 aromatic heterocycles. The molecule has 4 heteroatoms. The molecule has 0 aliphatic heterocycles. The molecular formula is C9H10N2OS. The topological polar surface area (TPSA) is 46.0 Å². The first-order chi connectivity index (χ1) is 6.31. The fourth-order valence-electron chi connectivity index (χ4n) is 1.21. The van der Waals surface area contributed by atoms with Crippen molar-refractivity contribution in [3.8, 4) is 0 Å². The van der Waals surface area contributed by atoms with Gasteiger partial charge in [0.05, 0.1) is 4.70 Å². The normalized spacial score (nSPS) is 13.4. The molecule has 68 valence electrons. The minimum absolute atomic E-state index is 0.170. The second-order valence-electron chi connectivity index (χ2n) is 3.08. The van der Waals surface area contributed by atoms with E-state index in [0.29, 0.717) is 0 Å². The van der Waals surface area contributed by atoms with Crippen LogP contribution in [0.1, 0.15) is 18.4 Å². The zero-order valence-electron chi connectivity index (χ0n) is 7.27. The fraction of sp³-hybridized carbons (Fsp3) is 0.333. The van der Waals surface area contributed by atoms with Gasteiger partial charge in [-0.2, -0.15) is 0 Å². The Morgan fingerprint density at radius 3 is 3.15 bits per heavy atom. The summed E-state index contributed by atoms with van der Waals surface area (Å²) in [6.45, 7) is 2.16. The molecule has 0 radical (unpaired) electrons. The van der Waals surface area contributed by atoms with E-state index in [1.807, 2.05) is 25.1 Å². The van der Waals surface area contributed by atoms with Gasteiger partial charge >= 0.3 is 0 Å². The van der Waals surface area contributed by atoms with E-state index in [2.05, 4.69) is 9.59 Å². The molecule has 2 aromatic rings. The Morgan fingerprint density at radius 2 is 2.38 bits per heavy atom. The molecule has 1 aromatic carbocycles. The van der Waals surface area contributed by atoms with Gasteiger partial charge in [0.2, 0.25) is 0 Å². The fourth-order valence-corrected chi connectivity index (χ4v) is 1.75. The maximum atomic E-state index is 8.98. The Morgan fingerprint density at radius 1 is 1.54 bits per heavy atom. The van der Waals surface area contributed by atoms with Gasteiger partial charge in [0, 0.05) is 12.5 Å². The number of fused-ring (bicyclic) bond motifs is 1. The largest absolute Gasteiger partial charge is 0.396 e. The van der Waals surface area contributed by atoms with E-state index in [4.69, 9.17) is 5.11 Å². The van der Waals surface area contributed by atoms with Crippen LogP contribution in [-0.4, -0.2) is 21.3 Å².